The number of piperidine rings is 1. The largest absolute Gasteiger partial charge is 0.469 e. The van der Waals surface area contributed by atoms with E-state index in [0.29, 0.717) is 37.2 Å². The van der Waals surface area contributed by atoms with E-state index in [1.54, 1.807) is 17.0 Å². The van der Waals surface area contributed by atoms with Crippen LogP contribution >= 0.6 is 0 Å². The number of likely N-dealkylation sites (tertiary alicyclic amines) is 1. The quantitative estimate of drug-likeness (QED) is 0.658. The van der Waals surface area contributed by atoms with E-state index in [0.717, 1.165) is 5.56 Å². The molecule has 1 aromatic carbocycles. The molecule has 20 heavy (non-hydrogen) atoms. The van der Waals surface area contributed by atoms with Crippen LogP contribution in [0.1, 0.15) is 28.8 Å². The lowest BCUT2D eigenvalue weighted by Crippen LogP contribution is -2.40. The van der Waals surface area contributed by atoms with Gasteiger partial charge in [0.2, 0.25) is 0 Å². The molecule has 2 N–H and O–H groups in total. The van der Waals surface area contributed by atoms with Crippen LogP contribution in [0.2, 0.25) is 0 Å². The van der Waals surface area contributed by atoms with Crippen molar-refractivity contribution >= 4 is 17.6 Å². The van der Waals surface area contributed by atoms with Gasteiger partial charge >= 0.3 is 5.97 Å². The first-order valence-electron chi connectivity index (χ1n) is 6.76. The first-order chi connectivity index (χ1) is 9.52. The van der Waals surface area contributed by atoms with Crippen LogP contribution in [0.25, 0.3) is 0 Å². The predicted octanol–water partition coefficient (Wildman–Crippen LogP) is 1.60. The Hall–Kier alpha value is -2.04. The Morgan fingerprint density at radius 1 is 1.30 bits per heavy atom. The second-order valence-electron chi connectivity index (χ2n) is 5.16. The van der Waals surface area contributed by atoms with Gasteiger partial charge in [-0.1, -0.05) is 6.07 Å². The van der Waals surface area contributed by atoms with Crippen LogP contribution in [-0.4, -0.2) is 37.0 Å². The van der Waals surface area contributed by atoms with E-state index in [-0.39, 0.29) is 17.8 Å². The van der Waals surface area contributed by atoms with Gasteiger partial charge in [-0.25, -0.2) is 0 Å². The van der Waals surface area contributed by atoms with Crippen LogP contribution in [0.5, 0.6) is 0 Å². The van der Waals surface area contributed by atoms with Gasteiger partial charge in [-0.15, -0.1) is 0 Å². The molecule has 0 unspecified atom stereocenters. The third kappa shape index (κ3) is 2.92. The number of anilines is 1. The molecule has 1 aliphatic heterocycles. The minimum absolute atomic E-state index is 0.0156. The number of nitrogens with two attached hydrogens (primary N) is 1. The Morgan fingerprint density at radius 2 is 1.95 bits per heavy atom. The number of benzene rings is 1. The first kappa shape index (κ1) is 14.4. The molecule has 5 nitrogen and oxygen atoms in total. The summed E-state index contributed by atoms with van der Waals surface area (Å²) in [5, 5.41) is 0. The maximum absolute atomic E-state index is 12.5. The molecule has 0 atom stereocenters. The number of esters is 1. The smallest absolute Gasteiger partial charge is 0.308 e. The first-order valence-corrected chi connectivity index (χ1v) is 6.76. The molecule has 0 aliphatic carbocycles. The minimum Gasteiger partial charge on any atom is -0.469 e. The van der Waals surface area contributed by atoms with E-state index >= 15 is 0 Å². The third-order valence-electron chi connectivity index (χ3n) is 3.81. The molecule has 108 valence electrons. The third-order valence-corrected chi connectivity index (χ3v) is 3.81. The van der Waals surface area contributed by atoms with Crippen LogP contribution in [-0.2, 0) is 9.53 Å². The van der Waals surface area contributed by atoms with Gasteiger partial charge in [-0.05, 0) is 37.5 Å². The van der Waals surface area contributed by atoms with Crippen LogP contribution in [0, 0.1) is 12.8 Å². The molecule has 1 amide bonds. The molecular formula is C15H20N2O3. The average molecular weight is 276 g/mol. The predicted molar refractivity (Wildman–Crippen MR) is 76.2 cm³/mol. The monoisotopic (exact) mass is 276 g/mol. The molecule has 0 bridgehead atoms. The van der Waals surface area contributed by atoms with Crippen LogP contribution in [0.3, 0.4) is 0 Å². The molecular weight excluding hydrogens is 256 g/mol. The molecule has 0 radical (unpaired) electrons. The topological polar surface area (TPSA) is 72.6 Å². The maximum atomic E-state index is 12.5. The Balaban J connectivity index is 2.05. The maximum Gasteiger partial charge on any atom is 0.308 e. The molecule has 1 heterocycles. The highest BCUT2D eigenvalue weighted by Crippen LogP contribution is 2.22. The van der Waals surface area contributed by atoms with Crippen molar-refractivity contribution < 1.29 is 14.3 Å². The highest BCUT2D eigenvalue weighted by Gasteiger charge is 2.28. The summed E-state index contributed by atoms with van der Waals surface area (Å²) in [6.07, 6.45) is 1.31. The van der Waals surface area contributed by atoms with Crippen molar-refractivity contribution in [3.05, 3.63) is 29.3 Å². The molecule has 0 spiro atoms. The fourth-order valence-electron chi connectivity index (χ4n) is 2.53. The van der Waals surface area contributed by atoms with Gasteiger partial charge in [0.05, 0.1) is 13.0 Å². The van der Waals surface area contributed by atoms with Gasteiger partial charge in [-0.2, -0.15) is 0 Å². The highest BCUT2D eigenvalue weighted by atomic mass is 16.5. The van der Waals surface area contributed by atoms with E-state index in [4.69, 9.17) is 10.5 Å². The van der Waals surface area contributed by atoms with Gasteiger partial charge in [0, 0.05) is 24.3 Å². The lowest BCUT2D eigenvalue weighted by molar-refractivity contribution is -0.146. The van der Waals surface area contributed by atoms with Gasteiger partial charge < -0.3 is 15.4 Å². The number of hydrogen-bond donors (Lipinski definition) is 1. The molecule has 0 aromatic heterocycles. The molecule has 1 fully saturated rings. The molecule has 0 saturated carbocycles. The number of methoxy groups -OCH3 is 1. The van der Waals surface area contributed by atoms with E-state index in [9.17, 15) is 9.59 Å². The van der Waals surface area contributed by atoms with Crippen molar-refractivity contribution in [1.82, 2.24) is 4.90 Å². The van der Waals surface area contributed by atoms with Crippen molar-refractivity contribution in [2.75, 3.05) is 25.9 Å². The van der Waals surface area contributed by atoms with E-state index < -0.39 is 0 Å². The number of rotatable bonds is 2. The summed E-state index contributed by atoms with van der Waals surface area (Å²) in [5.41, 5.74) is 7.89. The normalized spacial score (nSPS) is 16.0. The van der Waals surface area contributed by atoms with Crippen molar-refractivity contribution in [3.8, 4) is 0 Å². The Kier molecular flexibility index (Phi) is 4.27. The lowest BCUT2D eigenvalue weighted by atomic mass is 9.96. The summed E-state index contributed by atoms with van der Waals surface area (Å²) in [6, 6.07) is 5.35. The molecule has 5 heteroatoms. The summed E-state index contributed by atoms with van der Waals surface area (Å²) >= 11 is 0. The second-order valence-corrected chi connectivity index (χ2v) is 5.16. The summed E-state index contributed by atoms with van der Waals surface area (Å²) in [7, 11) is 1.40. The van der Waals surface area contributed by atoms with Crippen LogP contribution in [0.4, 0.5) is 5.69 Å². The fourth-order valence-corrected chi connectivity index (χ4v) is 2.53. The summed E-state index contributed by atoms with van der Waals surface area (Å²) in [6.45, 7) is 3.05. The number of nitrogens with zero attached hydrogens (tertiary/aromatic N) is 1. The average Bonchev–Trinajstić information content (AvgIpc) is 2.48. The minimum atomic E-state index is -0.183. The molecule has 1 saturated heterocycles. The van der Waals surface area contributed by atoms with E-state index in [2.05, 4.69) is 0 Å². The van der Waals surface area contributed by atoms with Gasteiger partial charge in [0.25, 0.3) is 5.91 Å². The number of aryl methyl sites for hydroxylation is 1. The van der Waals surface area contributed by atoms with Gasteiger partial charge in [0.1, 0.15) is 0 Å². The zero-order valence-electron chi connectivity index (χ0n) is 11.9. The van der Waals surface area contributed by atoms with Crippen molar-refractivity contribution in [2.45, 2.75) is 19.8 Å². The standard InChI is InChI=1S/C15H20N2O3/c1-10-3-4-12(16)9-13(10)14(18)17-7-5-11(6-8-17)15(19)20-2/h3-4,9,11H,5-8,16H2,1-2H3. The number of nitrogen functional groups attached to an aromatic ring is 1. The van der Waals surface area contributed by atoms with Crippen molar-refractivity contribution in [2.24, 2.45) is 5.92 Å². The zero-order chi connectivity index (χ0) is 14.7. The fraction of sp³-hybridized carbons (Fsp3) is 0.467. The summed E-state index contributed by atoms with van der Waals surface area (Å²) < 4.78 is 4.75. The second kappa shape index (κ2) is 5.94. The number of carbonyl (C=O) groups is 2. The lowest BCUT2D eigenvalue weighted by Gasteiger charge is -2.31. The number of carbonyl (C=O) groups excluding carboxylic acids is 2. The van der Waals surface area contributed by atoms with Crippen molar-refractivity contribution in [1.29, 1.82) is 0 Å². The Bertz CT molecular complexity index is 520. The number of amides is 1. The zero-order valence-corrected chi connectivity index (χ0v) is 11.9. The van der Waals surface area contributed by atoms with Gasteiger partial charge in [-0.3, -0.25) is 9.59 Å². The highest BCUT2D eigenvalue weighted by molar-refractivity contribution is 5.96. The van der Waals surface area contributed by atoms with Crippen molar-refractivity contribution in [3.63, 3.8) is 0 Å². The van der Waals surface area contributed by atoms with Gasteiger partial charge in [0.15, 0.2) is 0 Å². The number of ether oxygens (including phenoxy) is 1. The number of hydrogen-bond acceptors (Lipinski definition) is 4. The van der Waals surface area contributed by atoms with E-state index in [1.165, 1.54) is 7.11 Å². The molecule has 1 aliphatic rings. The summed E-state index contributed by atoms with van der Waals surface area (Å²) in [5.74, 6) is -0.290. The molecule has 1 aromatic rings. The van der Waals surface area contributed by atoms with Crippen LogP contribution < -0.4 is 5.73 Å². The van der Waals surface area contributed by atoms with E-state index in [1.807, 2.05) is 13.0 Å². The summed E-state index contributed by atoms with van der Waals surface area (Å²) in [4.78, 5) is 25.7. The Morgan fingerprint density at radius 3 is 2.55 bits per heavy atom. The Labute approximate surface area is 118 Å². The SMILES string of the molecule is COC(=O)C1CCN(C(=O)c2cc(N)ccc2C)CC1. The van der Waals surface area contributed by atoms with Crippen LogP contribution in [0.15, 0.2) is 18.2 Å². The molecule has 2 rings (SSSR count).